The highest BCUT2D eigenvalue weighted by atomic mass is 28.3. The molecule has 1 heterocycles. The average Bonchev–Trinajstić information content (AvgIpc) is 2.62. The van der Waals surface area contributed by atoms with Crippen molar-refractivity contribution in [2.24, 2.45) is 7.05 Å². The second kappa shape index (κ2) is 6.90. The summed E-state index contributed by atoms with van der Waals surface area (Å²) < 4.78 is 11.0. The first kappa shape index (κ1) is 18.4. The van der Waals surface area contributed by atoms with Crippen molar-refractivity contribution >= 4 is 24.0 Å². The number of rotatable bonds is 3. The minimum Gasteiger partial charge on any atom is -0.198 e. The summed E-state index contributed by atoms with van der Waals surface area (Å²) in [7, 11) is 0.668. The first-order valence-corrected chi connectivity index (χ1v) is 13.5. The van der Waals surface area contributed by atoms with E-state index in [1.807, 2.05) is 0 Å². The lowest BCUT2D eigenvalue weighted by atomic mass is 9.90. The minimum absolute atomic E-state index is 0.490. The third kappa shape index (κ3) is 3.60. The van der Waals surface area contributed by atoms with Crippen LogP contribution in [0.5, 0.6) is 0 Å². The Hall–Kier alpha value is -1.93. The molecule has 0 saturated carbocycles. The molecule has 0 radical (unpaired) electrons. The maximum atomic E-state index is 8.79. The normalized spacial score (nSPS) is 12.7. The zero-order chi connectivity index (χ0) is 21.0. The number of hydrogen-bond acceptors (Lipinski definition) is 0. The molecule has 0 N–H and O–H groups in total. The van der Waals surface area contributed by atoms with E-state index in [1.165, 1.54) is 38.5 Å². The number of benzene rings is 2. The molecule has 0 atom stereocenters. The molecule has 0 aliphatic carbocycles. The van der Waals surface area contributed by atoms with Crippen molar-refractivity contribution in [3.63, 3.8) is 0 Å². The van der Waals surface area contributed by atoms with Gasteiger partial charge in [0.05, 0.1) is 20.4 Å². The number of hydrogen-bond donors (Lipinski definition) is 0. The fourth-order valence-electron chi connectivity index (χ4n) is 3.74. The number of aryl methyl sites for hydroxylation is 1. The Bertz CT molecular complexity index is 1070. The molecule has 0 aliphatic heterocycles. The fraction of sp³-hybridized carbons (Fsp3) is 0.400. The summed E-state index contributed by atoms with van der Waals surface area (Å²) in [5.74, 6) is 0.490. The van der Waals surface area contributed by atoms with Crippen LogP contribution >= 0.6 is 0 Å². The van der Waals surface area contributed by atoms with Gasteiger partial charge < -0.3 is 0 Å². The van der Waals surface area contributed by atoms with Crippen LogP contribution in [0.15, 0.2) is 36.4 Å². The van der Waals surface area contributed by atoms with Crippen LogP contribution in [0.4, 0.5) is 0 Å². The van der Waals surface area contributed by atoms with Crippen LogP contribution in [-0.4, -0.2) is 8.07 Å². The van der Waals surface area contributed by atoms with Crippen molar-refractivity contribution in [1.29, 1.82) is 0 Å². The van der Waals surface area contributed by atoms with E-state index in [9.17, 15) is 0 Å². The minimum atomic E-state index is -1.43. The van der Waals surface area contributed by atoms with Crippen molar-refractivity contribution in [3.8, 4) is 11.3 Å². The largest absolute Gasteiger partial charge is 0.220 e. The summed E-state index contributed by atoms with van der Waals surface area (Å²) >= 11 is 0. The molecule has 2 aromatic carbocycles. The van der Waals surface area contributed by atoms with Gasteiger partial charge in [0.15, 0.2) is 5.69 Å². The molecule has 0 fully saturated rings. The predicted molar refractivity (Wildman–Crippen MR) is 122 cm³/mol. The van der Waals surface area contributed by atoms with Crippen LogP contribution in [0.1, 0.15) is 43.5 Å². The van der Waals surface area contributed by atoms with E-state index < -0.39 is 8.07 Å². The Morgan fingerprint density at radius 1 is 1.00 bits per heavy atom. The highest BCUT2D eigenvalue weighted by Gasteiger charge is 2.23. The maximum absolute atomic E-state index is 8.79. The Morgan fingerprint density at radius 2 is 1.67 bits per heavy atom. The number of aromatic nitrogens is 1. The summed E-state index contributed by atoms with van der Waals surface area (Å²) in [6, 6.07) is 12.2. The van der Waals surface area contributed by atoms with E-state index in [0.717, 1.165) is 11.1 Å². The maximum Gasteiger partial charge on any atom is 0.220 e. The highest BCUT2D eigenvalue weighted by Crippen LogP contribution is 2.32. The number of pyridine rings is 1. The van der Waals surface area contributed by atoms with E-state index in [2.05, 4.69) is 96.2 Å². The molecular formula is C25H34NSi+. The van der Waals surface area contributed by atoms with Crippen LogP contribution < -0.4 is 9.75 Å². The van der Waals surface area contributed by atoms with Gasteiger partial charge >= 0.3 is 0 Å². The standard InChI is InChI=1S/C25H34NSi/c1-16(2)20-12-17(3)19(5)24(15-20)25-23-11-10-22(27(7,8)9)14-21(23)13-18(4)26(25)6/h10-16H,1-9H3/q+1/i13D. The van der Waals surface area contributed by atoms with Crippen LogP contribution in [0.25, 0.3) is 22.0 Å². The molecule has 1 nitrogen and oxygen atoms in total. The van der Waals surface area contributed by atoms with E-state index in [1.54, 1.807) is 0 Å². The van der Waals surface area contributed by atoms with E-state index >= 15 is 0 Å². The van der Waals surface area contributed by atoms with Gasteiger partial charge in [0.1, 0.15) is 7.05 Å². The van der Waals surface area contributed by atoms with Gasteiger partial charge in [-0.15, -0.1) is 0 Å². The summed E-state index contributed by atoms with van der Waals surface area (Å²) in [6.07, 6.45) is 0. The zero-order valence-electron chi connectivity index (χ0n) is 19.4. The monoisotopic (exact) mass is 377 g/mol. The highest BCUT2D eigenvalue weighted by molar-refractivity contribution is 6.88. The zero-order valence-corrected chi connectivity index (χ0v) is 19.4. The first-order chi connectivity index (χ1) is 12.9. The van der Waals surface area contributed by atoms with E-state index in [4.69, 9.17) is 1.37 Å². The van der Waals surface area contributed by atoms with Crippen molar-refractivity contribution in [2.75, 3.05) is 0 Å². The molecule has 0 unspecified atom stereocenters. The molecule has 27 heavy (non-hydrogen) atoms. The van der Waals surface area contributed by atoms with Gasteiger partial charge in [0.25, 0.3) is 0 Å². The molecule has 0 amide bonds. The molecule has 0 aliphatic rings. The lowest BCUT2D eigenvalue weighted by Gasteiger charge is -2.19. The lowest BCUT2D eigenvalue weighted by molar-refractivity contribution is -0.665. The molecule has 0 spiro atoms. The lowest BCUT2D eigenvalue weighted by Crippen LogP contribution is -2.38. The number of fused-ring (bicyclic) bond motifs is 1. The van der Waals surface area contributed by atoms with Crippen molar-refractivity contribution in [3.05, 3.63) is 58.8 Å². The second-order valence-corrected chi connectivity index (χ2v) is 14.4. The molecule has 0 saturated heterocycles. The SMILES string of the molecule is [2H]c1c(C)[n+](C)c(-c2cc(C(C)C)cc(C)c2C)c2ccc([Si](C)(C)C)cc12. The van der Waals surface area contributed by atoms with Crippen LogP contribution in [0, 0.1) is 20.8 Å². The molecule has 2 heteroatoms. The van der Waals surface area contributed by atoms with Gasteiger partial charge in [-0.3, -0.25) is 0 Å². The molecule has 3 rings (SSSR count). The molecule has 0 bridgehead atoms. The molecule has 1 aromatic heterocycles. The summed E-state index contributed by atoms with van der Waals surface area (Å²) in [4.78, 5) is 0. The topological polar surface area (TPSA) is 3.88 Å². The third-order valence-electron chi connectivity index (χ3n) is 5.91. The average molecular weight is 378 g/mol. The second-order valence-electron chi connectivity index (χ2n) is 9.29. The Balaban J connectivity index is 2.46. The number of nitrogens with zero attached hydrogens (tertiary/aromatic N) is 1. The summed E-state index contributed by atoms with van der Waals surface area (Å²) in [5.41, 5.74) is 7.57. The van der Waals surface area contributed by atoms with E-state index in [0.29, 0.717) is 12.0 Å². The van der Waals surface area contributed by atoms with Gasteiger partial charge in [0.2, 0.25) is 5.69 Å². The molecule has 142 valence electrons. The Labute approximate surface area is 167 Å². The van der Waals surface area contributed by atoms with Crippen molar-refractivity contribution < 1.29 is 5.94 Å². The first-order valence-electron chi connectivity index (χ1n) is 10.5. The van der Waals surface area contributed by atoms with Crippen LogP contribution in [0.3, 0.4) is 0 Å². The van der Waals surface area contributed by atoms with Crippen LogP contribution in [0.2, 0.25) is 19.6 Å². The Kier molecular flexibility index (Phi) is 4.71. The quantitative estimate of drug-likeness (QED) is 0.394. The van der Waals surface area contributed by atoms with Gasteiger partial charge in [-0.1, -0.05) is 56.9 Å². The van der Waals surface area contributed by atoms with Gasteiger partial charge in [0, 0.05) is 13.0 Å². The van der Waals surface area contributed by atoms with Gasteiger partial charge in [-0.25, -0.2) is 0 Å². The van der Waals surface area contributed by atoms with Gasteiger partial charge in [-0.05, 0) is 54.0 Å². The molecule has 3 aromatic rings. The third-order valence-corrected chi connectivity index (χ3v) is 7.95. The van der Waals surface area contributed by atoms with Crippen molar-refractivity contribution in [1.82, 2.24) is 0 Å². The smallest absolute Gasteiger partial charge is 0.198 e. The van der Waals surface area contributed by atoms with Crippen molar-refractivity contribution in [2.45, 2.75) is 60.2 Å². The predicted octanol–water partition coefficient (Wildman–Crippen LogP) is 5.93. The van der Waals surface area contributed by atoms with Crippen LogP contribution in [-0.2, 0) is 7.05 Å². The van der Waals surface area contributed by atoms with E-state index in [-0.39, 0.29) is 0 Å². The van der Waals surface area contributed by atoms with Gasteiger partial charge in [-0.2, -0.15) is 4.57 Å². The Morgan fingerprint density at radius 3 is 2.26 bits per heavy atom. The summed E-state index contributed by atoms with van der Waals surface area (Å²) in [5, 5.41) is 3.68. The molecular weight excluding hydrogens is 342 g/mol. The summed E-state index contributed by atoms with van der Waals surface area (Å²) in [6.45, 7) is 18.1. The fourth-order valence-corrected chi connectivity index (χ4v) is 4.90.